The van der Waals surface area contributed by atoms with Gasteiger partial charge in [-0.3, -0.25) is 0 Å². The van der Waals surface area contributed by atoms with Gasteiger partial charge in [0.2, 0.25) is 10.0 Å². The quantitative estimate of drug-likeness (QED) is 0.320. The maximum atomic E-state index is 14.3. The lowest BCUT2D eigenvalue weighted by atomic mass is 9.67. The van der Waals surface area contributed by atoms with Gasteiger partial charge in [-0.2, -0.15) is 22.6 Å². The number of rotatable bonds is 7. The number of hydrogen-bond donors (Lipinski definition) is 0. The van der Waals surface area contributed by atoms with Gasteiger partial charge in [-0.1, -0.05) is 30.7 Å². The molecule has 2 fully saturated rings. The van der Waals surface area contributed by atoms with Gasteiger partial charge in [-0.05, 0) is 85.1 Å². The standard InChI is InChI=1S/C29H28F5N3O2S/c1-27-15-20-17-35-37(23-8-6-22(30)7-9-23)25(20)14-21(27)10-12-28(27)16-26(28)36(40(38,39)18-29(32,33)34)13-11-19-4-2-3-5-24(19)31/h2-9,14,17,26H,10-13,15-16,18H2,1H3/t26?,27-,28-/m0/s1. The molecule has 40 heavy (non-hydrogen) atoms. The molecule has 212 valence electrons. The third kappa shape index (κ3) is 4.47. The molecule has 1 unspecified atom stereocenters. The molecule has 3 aromatic rings. The zero-order valence-electron chi connectivity index (χ0n) is 21.8. The number of halogens is 5. The monoisotopic (exact) mass is 577 g/mol. The van der Waals surface area contributed by atoms with E-state index in [-0.39, 0.29) is 24.3 Å². The van der Waals surface area contributed by atoms with E-state index in [4.69, 9.17) is 0 Å². The highest BCUT2D eigenvalue weighted by molar-refractivity contribution is 7.89. The first-order valence-corrected chi connectivity index (χ1v) is 14.8. The van der Waals surface area contributed by atoms with Gasteiger partial charge < -0.3 is 0 Å². The Kier molecular flexibility index (Phi) is 6.27. The second kappa shape index (κ2) is 9.24. The Bertz CT molecular complexity index is 1600. The van der Waals surface area contributed by atoms with E-state index in [9.17, 15) is 30.4 Å². The van der Waals surface area contributed by atoms with Crippen LogP contribution in [0.5, 0.6) is 0 Å². The third-order valence-corrected chi connectivity index (χ3v) is 10.9. The molecule has 6 rings (SSSR count). The lowest BCUT2D eigenvalue weighted by molar-refractivity contribution is -0.107. The molecule has 1 spiro atoms. The molecule has 5 nitrogen and oxygen atoms in total. The fourth-order valence-electron chi connectivity index (χ4n) is 7.00. The molecule has 1 heterocycles. The fraction of sp³-hybridized carbons (Fsp3) is 0.414. The van der Waals surface area contributed by atoms with Crippen molar-refractivity contribution in [1.82, 2.24) is 14.1 Å². The topological polar surface area (TPSA) is 55.2 Å². The van der Waals surface area contributed by atoms with Crippen molar-refractivity contribution < 1.29 is 30.4 Å². The first-order chi connectivity index (χ1) is 18.8. The van der Waals surface area contributed by atoms with Crippen LogP contribution >= 0.6 is 0 Å². The van der Waals surface area contributed by atoms with Crippen LogP contribution in [-0.2, 0) is 22.9 Å². The Morgan fingerprint density at radius 3 is 2.52 bits per heavy atom. The van der Waals surface area contributed by atoms with Crippen molar-refractivity contribution in [1.29, 1.82) is 0 Å². The predicted molar refractivity (Wildman–Crippen MR) is 140 cm³/mol. The highest BCUT2D eigenvalue weighted by Gasteiger charge is 2.71. The Balaban J connectivity index is 1.31. The number of sulfonamides is 1. The van der Waals surface area contributed by atoms with Gasteiger partial charge in [0.05, 0.1) is 17.6 Å². The van der Waals surface area contributed by atoms with Crippen molar-refractivity contribution in [2.45, 2.75) is 51.2 Å². The summed E-state index contributed by atoms with van der Waals surface area (Å²) in [6.45, 7) is 1.84. The molecule has 0 N–H and O–H groups in total. The van der Waals surface area contributed by atoms with Crippen LogP contribution in [0.3, 0.4) is 0 Å². The minimum absolute atomic E-state index is 0.0235. The summed E-state index contributed by atoms with van der Waals surface area (Å²) in [5, 5.41) is 4.51. The van der Waals surface area contributed by atoms with E-state index in [2.05, 4.69) is 12.0 Å². The maximum Gasteiger partial charge on any atom is 0.404 e. The van der Waals surface area contributed by atoms with Crippen molar-refractivity contribution >= 4 is 16.1 Å². The van der Waals surface area contributed by atoms with Crippen LogP contribution < -0.4 is 0 Å². The summed E-state index contributed by atoms with van der Waals surface area (Å²) in [7, 11) is -4.70. The summed E-state index contributed by atoms with van der Waals surface area (Å²) >= 11 is 0. The molecule has 0 saturated heterocycles. The number of allylic oxidation sites excluding steroid dienone is 1. The fourth-order valence-corrected chi connectivity index (χ4v) is 8.61. The lowest BCUT2D eigenvalue weighted by Crippen LogP contribution is -2.44. The minimum atomic E-state index is -4.89. The molecule has 0 radical (unpaired) electrons. The average molecular weight is 578 g/mol. The molecule has 2 saturated carbocycles. The van der Waals surface area contributed by atoms with Gasteiger partial charge in [0.15, 0.2) is 5.75 Å². The van der Waals surface area contributed by atoms with Gasteiger partial charge in [0.1, 0.15) is 11.6 Å². The normalized spacial score (nSPS) is 25.7. The number of fused-ring (bicyclic) bond motifs is 3. The Labute approximate surface area is 229 Å². The van der Waals surface area contributed by atoms with Crippen LogP contribution in [0.25, 0.3) is 11.8 Å². The van der Waals surface area contributed by atoms with E-state index in [0.29, 0.717) is 31.4 Å². The van der Waals surface area contributed by atoms with Crippen molar-refractivity contribution in [3.8, 4) is 5.69 Å². The number of alkyl halides is 3. The second-order valence-electron chi connectivity index (χ2n) is 11.3. The van der Waals surface area contributed by atoms with Crippen LogP contribution in [0, 0.1) is 22.5 Å². The lowest BCUT2D eigenvalue weighted by Gasteiger charge is -2.38. The summed E-state index contributed by atoms with van der Waals surface area (Å²) in [4.78, 5) is 0. The molecule has 3 aliphatic rings. The summed E-state index contributed by atoms with van der Waals surface area (Å²) in [5.74, 6) is -2.82. The van der Waals surface area contributed by atoms with E-state index >= 15 is 0 Å². The summed E-state index contributed by atoms with van der Waals surface area (Å²) < 4.78 is 96.9. The molecular formula is C29H28F5N3O2S. The summed E-state index contributed by atoms with van der Waals surface area (Å²) in [6.07, 6.45) is 1.21. The van der Waals surface area contributed by atoms with Gasteiger partial charge in [0.25, 0.3) is 0 Å². The first kappa shape index (κ1) is 27.1. The molecule has 2 aromatic carbocycles. The largest absolute Gasteiger partial charge is 0.404 e. The molecule has 1 aromatic heterocycles. The van der Waals surface area contributed by atoms with E-state index in [1.54, 1.807) is 29.1 Å². The van der Waals surface area contributed by atoms with Crippen LogP contribution in [0.15, 0.2) is 60.3 Å². The van der Waals surface area contributed by atoms with Crippen molar-refractivity contribution in [2.24, 2.45) is 10.8 Å². The Morgan fingerprint density at radius 2 is 1.82 bits per heavy atom. The number of hydrogen-bond acceptors (Lipinski definition) is 3. The minimum Gasteiger partial charge on any atom is -0.233 e. The van der Waals surface area contributed by atoms with E-state index in [1.807, 2.05) is 6.08 Å². The molecule has 0 aliphatic heterocycles. The number of benzene rings is 2. The SMILES string of the molecule is C[C@]12Cc3cnn(-c4ccc(F)cc4)c3C=C1CC[C@@]21CC1N(CCc1ccccc1F)S(=O)(=O)CC(F)(F)F. The zero-order valence-corrected chi connectivity index (χ0v) is 22.6. The van der Waals surface area contributed by atoms with E-state index in [1.165, 1.54) is 30.3 Å². The number of aromatic nitrogens is 2. The third-order valence-electron chi connectivity index (χ3n) is 9.11. The van der Waals surface area contributed by atoms with Crippen LogP contribution in [0.4, 0.5) is 22.0 Å². The highest BCUT2D eigenvalue weighted by Crippen LogP contribution is 2.73. The van der Waals surface area contributed by atoms with Gasteiger partial charge in [-0.15, -0.1) is 0 Å². The predicted octanol–water partition coefficient (Wildman–Crippen LogP) is 6.09. The van der Waals surface area contributed by atoms with Crippen LogP contribution in [-0.4, -0.2) is 47.0 Å². The Hall–Kier alpha value is -3.05. The van der Waals surface area contributed by atoms with Crippen LogP contribution in [0.1, 0.15) is 43.0 Å². The number of nitrogens with zero attached hydrogens (tertiary/aromatic N) is 3. The molecule has 3 atom stereocenters. The average Bonchev–Trinajstić information content (AvgIpc) is 3.35. The first-order valence-electron chi connectivity index (χ1n) is 13.2. The molecular weight excluding hydrogens is 549 g/mol. The molecule has 0 amide bonds. The van der Waals surface area contributed by atoms with Crippen molar-refractivity contribution in [2.75, 3.05) is 12.3 Å². The molecule has 3 aliphatic carbocycles. The van der Waals surface area contributed by atoms with Crippen molar-refractivity contribution in [3.63, 3.8) is 0 Å². The smallest absolute Gasteiger partial charge is 0.233 e. The van der Waals surface area contributed by atoms with Crippen molar-refractivity contribution in [3.05, 3.63) is 88.8 Å². The van der Waals surface area contributed by atoms with E-state index < -0.39 is 44.6 Å². The second-order valence-corrected chi connectivity index (χ2v) is 13.2. The van der Waals surface area contributed by atoms with Gasteiger partial charge in [-0.25, -0.2) is 21.9 Å². The van der Waals surface area contributed by atoms with Crippen LogP contribution in [0.2, 0.25) is 0 Å². The summed E-state index contributed by atoms with van der Waals surface area (Å²) in [5.41, 5.74) is 2.89. The van der Waals surface area contributed by atoms with E-state index in [0.717, 1.165) is 21.1 Å². The zero-order chi connectivity index (χ0) is 28.5. The molecule has 0 bridgehead atoms. The van der Waals surface area contributed by atoms with Gasteiger partial charge >= 0.3 is 6.18 Å². The Morgan fingerprint density at radius 1 is 1.10 bits per heavy atom. The maximum absolute atomic E-state index is 14.3. The highest BCUT2D eigenvalue weighted by atomic mass is 32.2. The summed E-state index contributed by atoms with van der Waals surface area (Å²) in [6, 6.07) is 11.3. The molecule has 11 heteroatoms. The van der Waals surface area contributed by atoms with Gasteiger partial charge in [0, 0.05) is 18.0 Å².